The van der Waals surface area contributed by atoms with E-state index in [2.05, 4.69) is 17.9 Å². The molecule has 0 saturated carbocycles. The molecule has 136 valence electrons. The average molecular weight is 381 g/mol. The van der Waals surface area contributed by atoms with Gasteiger partial charge in [0.05, 0.1) is 5.75 Å². The zero-order valence-corrected chi connectivity index (χ0v) is 13.8. The van der Waals surface area contributed by atoms with Gasteiger partial charge in [-0.1, -0.05) is 11.6 Å². The Hall–Kier alpha value is -1.11. The fourth-order valence-electron chi connectivity index (χ4n) is 1.51. The third-order valence-electron chi connectivity index (χ3n) is 2.52. The molecule has 0 aliphatic carbocycles. The first-order valence-corrected chi connectivity index (χ1v) is 9.34. The molecule has 7 nitrogen and oxygen atoms in total. The maximum atomic E-state index is 10.7. The summed E-state index contributed by atoms with van der Waals surface area (Å²) in [5.74, 6) is -0.140. The summed E-state index contributed by atoms with van der Waals surface area (Å²) in [5.41, 5.74) is -4.24. The van der Waals surface area contributed by atoms with E-state index in [1.807, 2.05) is 12.3 Å². The predicted molar refractivity (Wildman–Crippen MR) is 77.7 cm³/mol. The Bertz CT molecular complexity index is 637. The second kappa shape index (κ2) is 8.66. The molecule has 0 bridgehead atoms. The Morgan fingerprint density at radius 3 is 2.09 bits per heavy atom. The fourth-order valence-corrected chi connectivity index (χ4v) is 2.08. The van der Waals surface area contributed by atoms with E-state index in [1.165, 1.54) is 5.57 Å². The minimum atomic E-state index is -5.84. The smallest absolute Gasteiger partial charge is 0.373 e. The molecule has 0 unspecified atom stereocenters. The molecule has 0 amide bonds. The highest BCUT2D eigenvalue weighted by atomic mass is 32.2. The Balaban J connectivity index is 0.000000515. The number of allylic oxidation sites excluding steroid dienone is 2. The van der Waals surface area contributed by atoms with Crippen molar-refractivity contribution in [2.75, 3.05) is 18.8 Å². The van der Waals surface area contributed by atoms with Gasteiger partial charge in [-0.05, 0) is 32.0 Å². The summed E-state index contributed by atoms with van der Waals surface area (Å²) in [4.78, 5) is 2.14. The van der Waals surface area contributed by atoms with Crippen molar-refractivity contribution in [3.8, 4) is 0 Å². The van der Waals surface area contributed by atoms with Crippen molar-refractivity contribution in [2.24, 2.45) is 0 Å². The quantitative estimate of drug-likeness (QED) is 0.424. The van der Waals surface area contributed by atoms with E-state index in [0.29, 0.717) is 6.42 Å². The van der Waals surface area contributed by atoms with Crippen LogP contribution in [-0.4, -0.2) is 55.2 Å². The van der Waals surface area contributed by atoms with Gasteiger partial charge < -0.3 is 4.90 Å². The van der Waals surface area contributed by atoms with Crippen LogP contribution in [0.4, 0.5) is 13.2 Å². The van der Waals surface area contributed by atoms with Gasteiger partial charge in [0.15, 0.2) is 0 Å². The van der Waals surface area contributed by atoms with Crippen molar-refractivity contribution in [1.82, 2.24) is 4.90 Å². The largest absolute Gasteiger partial charge is 0.522 e. The normalized spacial score (nSPS) is 15.7. The molecule has 0 aromatic heterocycles. The first kappa shape index (κ1) is 21.9. The van der Waals surface area contributed by atoms with Gasteiger partial charge in [-0.15, -0.1) is 0 Å². The summed E-state index contributed by atoms with van der Waals surface area (Å²) < 4.78 is 87.0. The highest BCUT2D eigenvalue weighted by Gasteiger charge is 2.44. The van der Waals surface area contributed by atoms with Gasteiger partial charge in [0.1, 0.15) is 0 Å². The molecule has 1 aliphatic rings. The van der Waals surface area contributed by atoms with Crippen LogP contribution in [0.2, 0.25) is 0 Å². The van der Waals surface area contributed by atoms with Crippen LogP contribution in [0.25, 0.3) is 0 Å². The Morgan fingerprint density at radius 2 is 1.70 bits per heavy atom. The molecule has 0 aromatic carbocycles. The Morgan fingerprint density at radius 1 is 1.17 bits per heavy atom. The molecule has 23 heavy (non-hydrogen) atoms. The van der Waals surface area contributed by atoms with Gasteiger partial charge in [-0.2, -0.15) is 30.0 Å². The molecule has 12 heteroatoms. The molecule has 0 atom stereocenters. The summed E-state index contributed by atoms with van der Waals surface area (Å²) in [7, 11) is -9.63. The van der Waals surface area contributed by atoms with Crippen molar-refractivity contribution >= 4 is 20.2 Å². The third kappa shape index (κ3) is 11.1. The monoisotopic (exact) mass is 381 g/mol. The molecule has 0 fully saturated rings. The summed E-state index contributed by atoms with van der Waals surface area (Å²) in [6.45, 7) is 3.80. The highest BCUT2D eigenvalue weighted by molar-refractivity contribution is 7.86. The number of rotatable bonds is 5. The number of hydrogen-bond acceptors (Lipinski definition) is 5. The van der Waals surface area contributed by atoms with Crippen LogP contribution < -0.4 is 0 Å². The van der Waals surface area contributed by atoms with E-state index in [0.717, 1.165) is 19.5 Å². The Kier molecular flexibility index (Phi) is 8.24. The van der Waals surface area contributed by atoms with Gasteiger partial charge in [-0.3, -0.25) is 9.11 Å². The fraction of sp³-hybridized carbons (Fsp3) is 0.636. The van der Waals surface area contributed by atoms with Crippen LogP contribution in [0.1, 0.15) is 19.8 Å². The zero-order chi connectivity index (χ0) is 18.3. The number of alkyl halides is 3. The lowest BCUT2D eigenvalue weighted by Gasteiger charge is -2.22. The van der Waals surface area contributed by atoms with E-state index >= 15 is 0 Å². The van der Waals surface area contributed by atoms with Gasteiger partial charge in [0, 0.05) is 13.1 Å². The first-order chi connectivity index (χ1) is 10.2. The zero-order valence-electron chi connectivity index (χ0n) is 12.2. The molecule has 1 aliphatic heterocycles. The standard InChI is InChI=1S/C10H17NO3S.CHF3O3S/c1-10-5-4-7-11(9-10)6-2-3-8-15(12,13)14;2-1(3,4)8(5,6)7/h4-5,7H,2-3,6,8-9H2,1H3,(H,12,13,14);(H,5,6,7). The molecule has 0 radical (unpaired) electrons. The van der Waals surface area contributed by atoms with Crippen LogP contribution in [-0.2, 0) is 20.2 Å². The SMILES string of the molecule is CC1=CC=CN(CCCCS(=O)(=O)O)C1.O=S(=O)(O)C(F)(F)F. The van der Waals surface area contributed by atoms with E-state index in [1.54, 1.807) is 0 Å². The lowest BCUT2D eigenvalue weighted by Crippen LogP contribution is -2.22. The van der Waals surface area contributed by atoms with Gasteiger partial charge in [0.25, 0.3) is 10.1 Å². The van der Waals surface area contributed by atoms with Gasteiger partial charge in [-0.25, -0.2) is 0 Å². The molecule has 0 spiro atoms. The topological polar surface area (TPSA) is 112 Å². The summed E-state index contributed by atoms with van der Waals surface area (Å²) >= 11 is 0. The van der Waals surface area contributed by atoms with Gasteiger partial charge >= 0.3 is 15.6 Å². The number of hydrogen-bond donors (Lipinski definition) is 2. The first-order valence-electron chi connectivity index (χ1n) is 6.29. The predicted octanol–water partition coefficient (Wildman–Crippen LogP) is 1.82. The molecule has 1 rings (SSSR count). The minimum absolute atomic E-state index is 0.140. The van der Waals surface area contributed by atoms with E-state index in [4.69, 9.17) is 17.5 Å². The number of nitrogens with zero attached hydrogens (tertiary/aromatic N) is 1. The van der Waals surface area contributed by atoms with Crippen LogP contribution in [0, 0.1) is 0 Å². The van der Waals surface area contributed by atoms with E-state index in [-0.39, 0.29) is 5.75 Å². The molecule has 0 aromatic rings. The molecule has 1 heterocycles. The summed E-state index contributed by atoms with van der Waals surface area (Å²) in [5, 5.41) is 0. The molecular formula is C11H18F3NO6S2. The number of halogens is 3. The maximum Gasteiger partial charge on any atom is 0.522 e. The van der Waals surface area contributed by atoms with Crippen molar-refractivity contribution in [3.05, 3.63) is 23.9 Å². The number of unbranched alkanes of at least 4 members (excludes halogenated alkanes) is 1. The van der Waals surface area contributed by atoms with Crippen molar-refractivity contribution in [1.29, 1.82) is 0 Å². The minimum Gasteiger partial charge on any atom is -0.373 e. The van der Waals surface area contributed by atoms with Crippen LogP contribution in [0.5, 0.6) is 0 Å². The van der Waals surface area contributed by atoms with Crippen LogP contribution in [0.15, 0.2) is 23.9 Å². The van der Waals surface area contributed by atoms with Crippen molar-refractivity contribution < 1.29 is 39.1 Å². The average Bonchev–Trinajstić information content (AvgIpc) is 2.32. The lowest BCUT2D eigenvalue weighted by atomic mass is 10.2. The lowest BCUT2D eigenvalue weighted by molar-refractivity contribution is -0.0510. The third-order valence-corrected chi connectivity index (χ3v) is 3.91. The second-order valence-electron chi connectivity index (χ2n) is 4.74. The molecular weight excluding hydrogens is 363 g/mol. The molecule has 2 N–H and O–H groups in total. The summed E-state index contributed by atoms with van der Waals surface area (Å²) in [6.07, 6.45) is 7.33. The van der Waals surface area contributed by atoms with Crippen molar-refractivity contribution in [3.63, 3.8) is 0 Å². The van der Waals surface area contributed by atoms with Crippen LogP contribution in [0.3, 0.4) is 0 Å². The molecule has 0 saturated heterocycles. The highest BCUT2D eigenvalue weighted by Crippen LogP contribution is 2.20. The van der Waals surface area contributed by atoms with Crippen LogP contribution >= 0.6 is 0 Å². The summed E-state index contributed by atoms with van der Waals surface area (Å²) in [6, 6.07) is 0. The second-order valence-corrected chi connectivity index (χ2v) is 7.72. The van der Waals surface area contributed by atoms with Crippen molar-refractivity contribution in [2.45, 2.75) is 25.3 Å². The Labute approximate surface area is 133 Å². The van der Waals surface area contributed by atoms with Gasteiger partial charge in [0.2, 0.25) is 0 Å². The van der Waals surface area contributed by atoms with E-state index < -0.39 is 25.7 Å². The maximum absolute atomic E-state index is 10.7. The van der Waals surface area contributed by atoms with E-state index in [9.17, 15) is 21.6 Å².